The lowest BCUT2D eigenvalue weighted by molar-refractivity contribution is -0.0520. The van der Waals surface area contributed by atoms with E-state index in [1.165, 1.54) is 0 Å². The Morgan fingerprint density at radius 2 is 1.67 bits per heavy atom. The molecule has 106 valence electrons. The largest absolute Gasteiger partial charge is 0.316 e. The predicted molar refractivity (Wildman–Crippen MR) is 70.8 cm³/mol. The molecule has 1 atom stereocenters. The molecule has 0 saturated heterocycles. The van der Waals surface area contributed by atoms with Gasteiger partial charge in [-0.25, -0.2) is 8.78 Å². The fourth-order valence-corrected chi connectivity index (χ4v) is 3.73. The molecule has 0 amide bonds. The summed E-state index contributed by atoms with van der Waals surface area (Å²) in [5, 5.41) is 3.43. The van der Waals surface area contributed by atoms with Crippen LogP contribution in [0, 0.1) is 22.7 Å². The molecule has 1 nitrogen and oxygen atoms in total. The highest BCUT2D eigenvalue weighted by Crippen LogP contribution is 2.67. The quantitative estimate of drug-likeness (QED) is 0.802. The van der Waals surface area contributed by atoms with E-state index >= 15 is 0 Å². The van der Waals surface area contributed by atoms with E-state index in [9.17, 15) is 8.78 Å². The van der Waals surface area contributed by atoms with Crippen molar-refractivity contribution in [1.82, 2.24) is 5.32 Å². The summed E-state index contributed by atoms with van der Waals surface area (Å²) in [6.45, 7) is 10.9. The van der Waals surface area contributed by atoms with Crippen molar-refractivity contribution in [1.29, 1.82) is 0 Å². The van der Waals surface area contributed by atoms with E-state index in [1.807, 2.05) is 0 Å². The molecule has 0 bridgehead atoms. The van der Waals surface area contributed by atoms with Crippen molar-refractivity contribution < 1.29 is 8.78 Å². The van der Waals surface area contributed by atoms with Gasteiger partial charge in [-0.2, -0.15) is 0 Å². The highest BCUT2D eigenvalue weighted by atomic mass is 19.3. The Bertz CT molecular complexity index is 296. The van der Waals surface area contributed by atoms with Crippen molar-refractivity contribution in [2.75, 3.05) is 13.1 Å². The SMILES string of the molecule is CC1(C)C(CNCC2CCCC(F)(F)C2)C1(C)C. The molecule has 0 heterocycles. The second kappa shape index (κ2) is 4.43. The average molecular weight is 259 g/mol. The lowest BCUT2D eigenvalue weighted by Crippen LogP contribution is -2.33. The first-order valence-electron chi connectivity index (χ1n) is 7.25. The zero-order chi connectivity index (χ0) is 13.6. The lowest BCUT2D eigenvalue weighted by Gasteiger charge is -2.29. The third-order valence-electron chi connectivity index (χ3n) is 5.84. The predicted octanol–water partition coefficient (Wildman–Crippen LogP) is 4.08. The molecule has 0 radical (unpaired) electrons. The molecule has 3 heteroatoms. The second-order valence-corrected chi connectivity index (χ2v) is 7.47. The van der Waals surface area contributed by atoms with Crippen molar-refractivity contribution in [3.8, 4) is 0 Å². The van der Waals surface area contributed by atoms with Crippen molar-refractivity contribution in [2.45, 2.75) is 59.3 Å². The van der Waals surface area contributed by atoms with E-state index in [2.05, 4.69) is 33.0 Å². The zero-order valence-corrected chi connectivity index (χ0v) is 12.2. The Labute approximate surface area is 110 Å². The number of nitrogens with one attached hydrogen (secondary N) is 1. The van der Waals surface area contributed by atoms with Crippen LogP contribution in [0.2, 0.25) is 0 Å². The van der Waals surface area contributed by atoms with Gasteiger partial charge in [0.25, 0.3) is 0 Å². The Balaban J connectivity index is 1.71. The van der Waals surface area contributed by atoms with E-state index in [-0.39, 0.29) is 18.8 Å². The summed E-state index contributed by atoms with van der Waals surface area (Å²) >= 11 is 0. The van der Waals surface area contributed by atoms with Crippen LogP contribution in [0.15, 0.2) is 0 Å². The maximum atomic E-state index is 13.3. The summed E-state index contributed by atoms with van der Waals surface area (Å²) in [7, 11) is 0. The van der Waals surface area contributed by atoms with Crippen LogP contribution in [0.3, 0.4) is 0 Å². The van der Waals surface area contributed by atoms with Gasteiger partial charge < -0.3 is 5.32 Å². The number of hydrogen-bond donors (Lipinski definition) is 1. The topological polar surface area (TPSA) is 12.0 Å². The number of alkyl halides is 2. The van der Waals surface area contributed by atoms with Gasteiger partial charge in [0.15, 0.2) is 0 Å². The van der Waals surface area contributed by atoms with Crippen molar-refractivity contribution in [3.05, 3.63) is 0 Å². The summed E-state index contributed by atoms with van der Waals surface area (Å²) in [5.74, 6) is -1.57. The van der Waals surface area contributed by atoms with Gasteiger partial charge in [-0.15, -0.1) is 0 Å². The molecular weight excluding hydrogens is 232 g/mol. The minimum Gasteiger partial charge on any atom is -0.316 e. The molecule has 2 aliphatic carbocycles. The molecule has 1 unspecified atom stereocenters. The van der Waals surface area contributed by atoms with Crippen molar-refractivity contribution in [2.24, 2.45) is 22.7 Å². The van der Waals surface area contributed by atoms with Gasteiger partial charge in [0.1, 0.15) is 0 Å². The molecule has 2 aliphatic rings. The van der Waals surface area contributed by atoms with Gasteiger partial charge in [-0.1, -0.05) is 27.7 Å². The van der Waals surface area contributed by atoms with E-state index in [0.29, 0.717) is 23.2 Å². The third-order valence-corrected chi connectivity index (χ3v) is 5.84. The average Bonchev–Trinajstić information content (AvgIpc) is 2.59. The van der Waals surface area contributed by atoms with E-state index in [1.54, 1.807) is 0 Å². The maximum absolute atomic E-state index is 13.3. The van der Waals surface area contributed by atoms with Crippen LogP contribution in [0.5, 0.6) is 0 Å². The smallest absolute Gasteiger partial charge is 0.248 e. The fourth-order valence-electron chi connectivity index (χ4n) is 3.73. The molecule has 2 fully saturated rings. The number of halogens is 2. The molecule has 0 aromatic carbocycles. The fraction of sp³-hybridized carbons (Fsp3) is 1.00. The summed E-state index contributed by atoms with van der Waals surface area (Å²) < 4.78 is 26.5. The first-order valence-corrected chi connectivity index (χ1v) is 7.25. The highest BCUT2D eigenvalue weighted by molar-refractivity contribution is 5.12. The molecule has 0 aromatic heterocycles. The first kappa shape index (κ1) is 14.2. The summed E-state index contributed by atoms with van der Waals surface area (Å²) in [6, 6.07) is 0. The van der Waals surface area contributed by atoms with Crippen LogP contribution < -0.4 is 5.32 Å². The second-order valence-electron chi connectivity index (χ2n) is 7.47. The molecular formula is C15H27F2N. The van der Waals surface area contributed by atoms with Gasteiger partial charge in [-0.05, 0) is 48.6 Å². The lowest BCUT2D eigenvalue weighted by atomic mass is 9.86. The molecule has 0 spiro atoms. The molecule has 18 heavy (non-hydrogen) atoms. The van der Waals surface area contributed by atoms with Gasteiger partial charge in [0, 0.05) is 12.8 Å². The Morgan fingerprint density at radius 1 is 1.06 bits per heavy atom. The van der Waals surface area contributed by atoms with E-state index in [0.717, 1.165) is 19.5 Å². The number of rotatable bonds is 4. The standard InChI is InChI=1S/C15H27F2N/c1-13(2)12(14(13,3)4)10-18-9-11-6-5-7-15(16,17)8-11/h11-12,18H,5-10H2,1-4H3. The van der Waals surface area contributed by atoms with Crippen LogP contribution in [0.4, 0.5) is 8.78 Å². The number of hydrogen-bond acceptors (Lipinski definition) is 1. The molecule has 1 N–H and O–H groups in total. The molecule has 0 aromatic rings. The monoisotopic (exact) mass is 259 g/mol. The normalized spacial score (nSPS) is 33.3. The van der Waals surface area contributed by atoms with E-state index < -0.39 is 5.92 Å². The molecule has 0 aliphatic heterocycles. The van der Waals surface area contributed by atoms with Crippen molar-refractivity contribution >= 4 is 0 Å². The Morgan fingerprint density at radius 3 is 2.17 bits per heavy atom. The van der Waals surface area contributed by atoms with Gasteiger partial charge >= 0.3 is 0 Å². The van der Waals surface area contributed by atoms with Crippen molar-refractivity contribution in [3.63, 3.8) is 0 Å². The third kappa shape index (κ3) is 2.56. The van der Waals surface area contributed by atoms with Crippen LogP contribution in [0.25, 0.3) is 0 Å². The molecule has 2 rings (SSSR count). The van der Waals surface area contributed by atoms with Gasteiger partial charge in [-0.3, -0.25) is 0 Å². The van der Waals surface area contributed by atoms with Crippen LogP contribution in [0.1, 0.15) is 53.4 Å². The molecule has 2 saturated carbocycles. The van der Waals surface area contributed by atoms with Crippen LogP contribution in [-0.4, -0.2) is 19.0 Å². The highest BCUT2D eigenvalue weighted by Gasteiger charge is 2.63. The summed E-state index contributed by atoms with van der Waals surface area (Å²) in [4.78, 5) is 0. The minimum atomic E-state index is -2.41. The summed E-state index contributed by atoms with van der Waals surface area (Å²) in [5.41, 5.74) is 0.771. The first-order chi connectivity index (χ1) is 8.17. The van der Waals surface area contributed by atoms with Gasteiger partial charge in [0.2, 0.25) is 5.92 Å². The van der Waals surface area contributed by atoms with Crippen LogP contribution >= 0.6 is 0 Å². The van der Waals surface area contributed by atoms with Crippen LogP contribution in [-0.2, 0) is 0 Å². The van der Waals surface area contributed by atoms with Gasteiger partial charge in [0.05, 0.1) is 0 Å². The zero-order valence-electron chi connectivity index (χ0n) is 12.2. The van der Waals surface area contributed by atoms with E-state index in [4.69, 9.17) is 0 Å². The summed E-state index contributed by atoms with van der Waals surface area (Å²) in [6.07, 6.45) is 1.81. The Hall–Kier alpha value is -0.180. The minimum absolute atomic E-state index is 0.0808. The Kier molecular flexibility index (Phi) is 3.50. The maximum Gasteiger partial charge on any atom is 0.248 e.